The van der Waals surface area contributed by atoms with Crippen molar-refractivity contribution >= 4 is 28.9 Å². The van der Waals surface area contributed by atoms with Crippen LogP contribution in [0.15, 0.2) is 48.5 Å². The maximum atomic E-state index is 12.2. The molecule has 7 heteroatoms. The van der Waals surface area contributed by atoms with Crippen molar-refractivity contribution in [2.75, 3.05) is 42.3 Å². The Morgan fingerprint density at radius 1 is 0.931 bits per heavy atom. The van der Waals surface area contributed by atoms with E-state index in [-0.39, 0.29) is 24.3 Å². The number of anilines is 3. The molecular formula is C22H29N3O4. The van der Waals surface area contributed by atoms with Gasteiger partial charge in [-0.2, -0.15) is 0 Å². The van der Waals surface area contributed by atoms with Crippen LogP contribution in [0.1, 0.15) is 20.8 Å². The van der Waals surface area contributed by atoms with E-state index in [1.807, 2.05) is 45.0 Å². The van der Waals surface area contributed by atoms with Gasteiger partial charge in [-0.3, -0.25) is 9.59 Å². The quantitative estimate of drug-likeness (QED) is 0.501. The third-order valence-electron chi connectivity index (χ3n) is 3.95. The Labute approximate surface area is 171 Å². The average Bonchev–Trinajstić information content (AvgIpc) is 2.71. The SMILES string of the molecule is CCOCCOc1cccc(NC(=O)CNc2ccc(NC(=O)C(C)C)cc2)c1. The summed E-state index contributed by atoms with van der Waals surface area (Å²) in [6.45, 7) is 7.37. The lowest BCUT2D eigenvalue weighted by Crippen LogP contribution is -2.21. The summed E-state index contributed by atoms with van der Waals surface area (Å²) in [4.78, 5) is 23.9. The Kier molecular flexibility index (Phi) is 8.98. The van der Waals surface area contributed by atoms with Gasteiger partial charge in [-0.15, -0.1) is 0 Å². The molecule has 2 aromatic carbocycles. The largest absolute Gasteiger partial charge is 0.491 e. The van der Waals surface area contributed by atoms with Crippen LogP contribution < -0.4 is 20.7 Å². The zero-order valence-corrected chi connectivity index (χ0v) is 17.2. The van der Waals surface area contributed by atoms with Crippen LogP contribution >= 0.6 is 0 Å². The van der Waals surface area contributed by atoms with Crippen LogP contribution in [-0.4, -0.2) is 38.2 Å². The Balaban J connectivity index is 1.78. The minimum absolute atomic E-state index is 0.0332. The van der Waals surface area contributed by atoms with Crippen molar-refractivity contribution in [1.82, 2.24) is 0 Å². The molecule has 156 valence electrons. The number of nitrogens with one attached hydrogen (secondary N) is 3. The monoisotopic (exact) mass is 399 g/mol. The zero-order chi connectivity index (χ0) is 21.1. The second kappa shape index (κ2) is 11.7. The van der Waals surface area contributed by atoms with Crippen LogP contribution in [0.3, 0.4) is 0 Å². The van der Waals surface area contributed by atoms with E-state index in [1.165, 1.54) is 0 Å². The Hall–Kier alpha value is -3.06. The number of ether oxygens (including phenoxy) is 2. The molecule has 0 aliphatic rings. The number of amides is 2. The van der Waals surface area contributed by atoms with E-state index in [0.29, 0.717) is 31.3 Å². The smallest absolute Gasteiger partial charge is 0.243 e. The van der Waals surface area contributed by atoms with Crippen LogP contribution in [-0.2, 0) is 14.3 Å². The van der Waals surface area contributed by atoms with Gasteiger partial charge in [0.25, 0.3) is 0 Å². The summed E-state index contributed by atoms with van der Waals surface area (Å²) >= 11 is 0. The fraction of sp³-hybridized carbons (Fsp3) is 0.364. The molecule has 0 aromatic heterocycles. The number of rotatable bonds is 11. The van der Waals surface area contributed by atoms with Gasteiger partial charge >= 0.3 is 0 Å². The molecule has 0 unspecified atom stereocenters. The standard InChI is InChI=1S/C22H29N3O4/c1-4-28-12-13-29-20-7-5-6-19(14-20)24-21(26)15-23-17-8-10-18(11-9-17)25-22(27)16(2)3/h5-11,14,16,23H,4,12-13,15H2,1-3H3,(H,24,26)(H,25,27). The average molecular weight is 399 g/mol. The molecular weight excluding hydrogens is 370 g/mol. The number of hydrogen-bond acceptors (Lipinski definition) is 5. The van der Waals surface area contributed by atoms with Crippen LogP contribution in [0.4, 0.5) is 17.1 Å². The molecule has 7 nitrogen and oxygen atoms in total. The number of benzene rings is 2. The van der Waals surface area contributed by atoms with E-state index in [4.69, 9.17) is 9.47 Å². The van der Waals surface area contributed by atoms with Crippen molar-refractivity contribution in [3.63, 3.8) is 0 Å². The molecule has 0 saturated heterocycles. The van der Waals surface area contributed by atoms with Crippen molar-refractivity contribution in [2.24, 2.45) is 5.92 Å². The number of hydrogen-bond donors (Lipinski definition) is 3. The molecule has 0 spiro atoms. The van der Waals surface area contributed by atoms with Gasteiger partial charge in [0.2, 0.25) is 11.8 Å². The van der Waals surface area contributed by atoms with Gasteiger partial charge in [0.15, 0.2) is 0 Å². The molecule has 2 rings (SSSR count). The number of carbonyl (C=O) groups excluding carboxylic acids is 2. The highest BCUT2D eigenvalue weighted by molar-refractivity contribution is 5.94. The molecule has 0 atom stereocenters. The van der Waals surface area contributed by atoms with Crippen molar-refractivity contribution in [2.45, 2.75) is 20.8 Å². The molecule has 0 saturated carbocycles. The van der Waals surface area contributed by atoms with Gasteiger partial charge in [-0.25, -0.2) is 0 Å². The van der Waals surface area contributed by atoms with E-state index in [9.17, 15) is 9.59 Å². The fourth-order valence-electron chi connectivity index (χ4n) is 2.37. The van der Waals surface area contributed by atoms with Crippen molar-refractivity contribution < 1.29 is 19.1 Å². The third kappa shape index (κ3) is 8.23. The molecule has 29 heavy (non-hydrogen) atoms. The van der Waals surface area contributed by atoms with E-state index in [1.54, 1.807) is 24.3 Å². The second-order valence-corrected chi connectivity index (χ2v) is 6.70. The van der Waals surface area contributed by atoms with Crippen LogP contribution in [0.25, 0.3) is 0 Å². The van der Waals surface area contributed by atoms with Gasteiger partial charge in [-0.05, 0) is 43.3 Å². The van der Waals surface area contributed by atoms with Crippen LogP contribution in [0.5, 0.6) is 5.75 Å². The van der Waals surface area contributed by atoms with Crippen LogP contribution in [0, 0.1) is 5.92 Å². The minimum atomic E-state index is -0.173. The lowest BCUT2D eigenvalue weighted by atomic mass is 10.2. The Bertz CT molecular complexity index is 791. The first-order chi connectivity index (χ1) is 14.0. The lowest BCUT2D eigenvalue weighted by molar-refractivity contribution is -0.119. The normalized spacial score (nSPS) is 10.5. The zero-order valence-electron chi connectivity index (χ0n) is 17.2. The third-order valence-corrected chi connectivity index (χ3v) is 3.95. The highest BCUT2D eigenvalue weighted by atomic mass is 16.5. The minimum Gasteiger partial charge on any atom is -0.491 e. The highest BCUT2D eigenvalue weighted by Crippen LogP contribution is 2.18. The van der Waals surface area contributed by atoms with E-state index in [2.05, 4.69) is 16.0 Å². The van der Waals surface area contributed by atoms with Crippen molar-refractivity contribution in [3.05, 3.63) is 48.5 Å². The maximum absolute atomic E-state index is 12.2. The molecule has 0 bridgehead atoms. The van der Waals surface area contributed by atoms with Crippen molar-refractivity contribution in [1.29, 1.82) is 0 Å². The fourth-order valence-corrected chi connectivity index (χ4v) is 2.37. The van der Waals surface area contributed by atoms with E-state index in [0.717, 1.165) is 11.4 Å². The van der Waals surface area contributed by atoms with E-state index >= 15 is 0 Å². The molecule has 0 aliphatic heterocycles. The van der Waals surface area contributed by atoms with Gasteiger partial charge in [-0.1, -0.05) is 19.9 Å². The molecule has 2 amide bonds. The summed E-state index contributed by atoms with van der Waals surface area (Å²) in [5.74, 6) is 0.391. The second-order valence-electron chi connectivity index (χ2n) is 6.70. The molecule has 0 fully saturated rings. The summed E-state index contributed by atoms with van der Waals surface area (Å²) in [5, 5.41) is 8.72. The highest BCUT2D eigenvalue weighted by Gasteiger charge is 2.07. The van der Waals surface area contributed by atoms with Gasteiger partial charge in [0.05, 0.1) is 13.2 Å². The molecule has 3 N–H and O–H groups in total. The summed E-state index contributed by atoms with van der Waals surface area (Å²) in [6.07, 6.45) is 0. The summed E-state index contributed by atoms with van der Waals surface area (Å²) in [5.41, 5.74) is 2.17. The first-order valence-corrected chi connectivity index (χ1v) is 9.73. The topological polar surface area (TPSA) is 88.7 Å². The van der Waals surface area contributed by atoms with E-state index < -0.39 is 0 Å². The van der Waals surface area contributed by atoms with Crippen LogP contribution in [0.2, 0.25) is 0 Å². The molecule has 2 aromatic rings. The summed E-state index contributed by atoms with van der Waals surface area (Å²) in [7, 11) is 0. The number of carbonyl (C=O) groups is 2. The summed E-state index contributed by atoms with van der Waals surface area (Å²) < 4.78 is 10.8. The molecule has 0 radical (unpaired) electrons. The van der Waals surface area contributed by atoms with Gasteiger partial charge in [0.1, 0.15) is 12.4 Å². The molecule has 0 aliphatic carbocycles. The Morgan fingerprint density at radius 2 is 1.66 bits per heavy atom. The predicted octanol–water partition coefficient (Wildman–Crippen LogP) is 3.75. The molecule has 0 heterocycles. The Morgan fingerprint density at radius 3 is 2.34 bits per heavy atom. The lowest BCUT2D eigenvalue weighted by Gasteiger charge is -2.11. The van der Waals surface area contributed by atoms with Crippen molar-refractivity contribution in [3.8, 4) is 5.75 Å². The van der Waals surface area contributed by atoms with Gasteiger partial charge in [0, 0.05) is 35.7 Å². The predicted molar refractivity (Wildman–Crippen MR) is 115 cm³/mol. The maximum Gasteiger partial charge on any atom is 0.243 e. The first kappa shape index (κ1) is 22.2. The summed E-state index contributed by atoms with van der Waals surface area (Å²) in [6, 6.07) is 14.5. The van der Waals surface area contributed by atoms with Gasteiger partial charge < -0.3 is 25.4 Å². The first-order valence-electron chi connectivity index (χ1n) is 9.73.